The van der Waals surface area contributed by atoms with E-state index in [0.717, 1.165) is 12.0 Å². The quantitative estimate of drug-likeness (QED) is 0.681. The number of rotatable bonds is 3. The molecule has 0 fully saturated rings. The van der Waals surface area contributed by atoms with E-state index in [0.29, 0.717) is 34.2 Å². The minimum absolute atomic E-state index is 0.00541. The van der Waals surface area contributed by atoms with E-state index < -0.39 is 5.76 Å². The van der Waals surface area contributed by atoms with Crippen LogP contribution in [0.3, 0.4) is 0 Å². The molecule has 0 atom stereocenters. The molecule has 1 aliphatic rings. The Morgan fingerprint density at radius 2 is 1.85 bits per heavy atom. The lowest BCUT2D eigenvalue weighted by atomic mass is 9.99. The average Bonchev–Trinajstić information content (AvgIpc) is 2.93. The fourth-order valence-electron chi connectivity index (χ4n) is 3.36. The van der Waals surface area contributed by atoms with E-state index in [-0.39, 0.29) is 18.9 Å². The zero-order valence-electron chi connectivity index (χ0n) is 13.9. The van der Waals surface area contributed by atoms with E-state index in [1.807, 2.05) is 23.1 Å². The van der Waals surface area contributed by atoms with Crippen molar-refractivity contribution in [3.8, 4) is 0 Å². The second-order valence-corrected chi connectivity index (χ2v) is 7.23. The van der Waals surface area contributed by atoms with E-state index >= 15 is 0 Å². The van der Waals surface area contributed by atoms with Crippen LogP contribution in [0.5, 0.6) is 0 Å². The summed E-state index contributed by atoms with van der Waals surface area (Å²) in [5, 5.41) is 1.17. The molecule has 0 aliphatic carbocycles. The van der Waals surface area contributed by atoms with Gasteiger partial charge < -0.3 is 9.32 Å². The Morgan fingerprint density at radius 3 is 2.69 bits per heavy atom. The second kappa shape index (κ2) is 6.82. The topological polar surface area (TPSA) is 55.5 Å². The van der Waals surface area contributed by atoms with Gasteiger partial charge in [-0.1, -0.05) is 29.3 Å². The highest BCUT2D eigenvalue weighted by atomic mass is 35.5. The van der Waals surface area contributed by atoms with Gasteiger partial charge in [-0.2, -0.15) is 0 Å². The maximum Gasteiger partial charge on any atom is 0.419 e. The Balaban J connectivity index is 1.48. The number of aryl methyl sites for hydroxylation is 1. The van der Waals surface area contributed by atoms with Crippen LogP contribution < -0.4 is 5.76 Å². The van der Waals surface area contributed by atoms with Gasteiger partial charge in [-0.25, -0.2) is 4.79 Å². The highest BCUT2D eigenvalue weighted by molar-refractivity contribution is 6.31. The molecule has 3 aromatic rings. The lowest BCUT2D eigenvalue weighted by molar-refractivity contribution is -0.132. The van der Waals surface area contributed by atoms with Crippen molar-refractivity contribution in [2.24, 2.45) is 0 Å². The molecule has 134 valence electrons. The summed E-state index contributed by atoms with van der Waals surface area (Å²) in [6.45, 7) is 1.49. The van der Waals surface area contributed by atoms with Crippen molar-refractivity contribution in [2.45, 2.75) is 25.9 Å². The first kappa shape index (κ1) is 17.2. The highest BCUT2D eigenvalue weighted by Crippen LogP contribution is 2.23. The van der Waals surface area contributed by atoms with Crippen molar-refractivity contribution in [1.29, 1.82) is 0 Å². The number of hydrogen-bond donors (Lipinski definition) is 0. The first-order valence-corrected chi connectivity index (χ1v) is 9.11. The second-order valence-electron chi connectivity index (χ2n) is 6.36. The number of halogens is 2. The molecule has 0 radical (unpaired) electrons. The smallest absolute Gasteiger partial charge is 0.408 e. The number of nitrogens with zero attached hydrogens (tertiary/aromatic N) is 2. The Bertz CT molecular complexity index is 1050. The largest absolute Gasteiger partial charge is 0.419 e. The Kier molecular flexibility index (Phi) is 4.51. The Morgan fingerprint density at radius 1 is 1.08 bits per heavy atom. The molecule has 0 N–H and O–H groups in total. The van der Waals surface area contributed by atoms with Gasteiger partial charge in [0.15, 0.2) is 5.58 Å². The summed E-state index contributed by atoms with van der Waals surface area (Å²) in [6.07, 6.45) is 1.04. The van der Waals surface area contributed by atoms with E-state index in [9.17, 15) is 9.59 Å². The zero-order chi connectivity index (χ0) is 18.3. The van der Waals surface area contributed by atoms with Gasteiger partial charge in [0.1, 0.15) is 0 Å². The summed E-state index contributed by atoms with van der Waals surface area (Å²) in [4.78, 5) is 26.5. The molecule has 1 aliphatic heterocycles. The molecule has 0 saturated heterocycles. The van der Waals surface area contributed by atoms with Gasteiger partial charge >= 0.3 is 5.76 Å². The third-order valence-corrected chi connectivity index (χ3v) is 5.18. The number of carbonyl (C=O) groups excluding carboxylic acids is 1. The van der Waals surface area contributed by atoms with Crippen molar-refractivity contribution in [2.75, 3.05) is 6.54 Å². The number of amides is 1. The predicted octanol–water partition coefficient (Wildman–Crippen LogP) is 3.88. The minimum atomic E-state index is -0.481. The van der Waals surface area contributed by atoms with Gasteiger partial charge in [-0.05, 0) is 41.8 Å². The van der Waals surface area contributed by atoms with Gasteiger partial charge in [-0.3, -0.25) is 9.36 Å². The molecular weight excluding hydrogens is 375 g/mol. The van der Waals surface area contributed by atoms with Crippen LogP contribution in [-0.4, -0.2) is 21.9 Å². The summed E-state index contributed by atoms with van der Waals surface area (Å²) >= 11 is 12.0. The zero-order valence-corrected chi connectivity index (χ0v) is 15.4. The molecule has 26 heavy (non-hydrogen) atoms. The summed E-state index contributed by atoms with van der Waals surface area (Å²) < 4.78 is 6.67. The standard InChI is InChI=1S/C19H16Cl2N2O3/c20-14-2-1-12-5-7-22(11-13(12)9-14)18(24)6-8-23-16-4-3-15(21)10-17(16)26-19(23)25/h1-4,9-10H,5-8,11H2. The summed E-state index contributed by atoms with van der Waals surface area (Å²) in [5.41, 5.74) is 3.38. The van der Waals surface area contributed by atoms with Crippen LogP contribution in [0.25, 0.3) is 11.1 Å². The van der Waals surface area contributed by atoms with Gasteiger partial charge in [0.2, 0.25) is 5.91 Å². The number of hydrogen-bond acceptors (Lipinski definition) is 3. The molecule has 0 unspecified atom stereocenters. The molecule has 2 heterocycles. The van der Waals surface area contributed by atoms with E-state index in [1.165, 1.54) is 10.1 Å². The van der Waals surface area contributed by atoms with Gasteiger partial charge in [-0.15, -0.1) is 0 Å². The molecule has 0 saturated carbocycles. The van der Waals surface area contributed by atoms with Crippen molar-refractivity contribution in [3.05, 3.63) is 68.1 Å². The maximum atomic E-state index is 12.6. The van der Waals surface area contributed by atoms with Crippen LogP contribution in [0.2, 0.25) is 10.0 Å². The van der Waals surface area contributed by atoms with Crippen LogP contribution >= 0.6 is 23.2 Å². The van der Waals surface area contributed by atoms with Crippen molar-refractivity contribution in [1.82, 2.24) is 9.47 Å². The first-order valence-electron chi connectivity index (χ1n) is 8.35. The molecule has 0 bridgehead atoms. The SMILES string of the molecule is O=C(CCn1c(=O)oc2cc(Cl)ccc21)N1CCc2ccc(Cl)cc2C1. The fourth-order valence-corrected chi connectivity index (χ4v) is 3.71. The van der Waals surface area contributed by atoms with E-state index in [4.69, 9.17) is 27.6 Å². The summed E-state index contributed by atoms with van der Waals surface area (Å²) in [5.74, 6) is -0.475. The monoisotopic (exact) mass is 390 g/mol. The highest BCUT2D eigenvalue weighted by Gasteiger charge is 2.21. The minimum Gasteiger partial charge on any atom is -0.408 e. The summed E-state index contributed by atoms with van der Waals surface area (Å²) in [6, 6.07) is 10.8. The molecule has 0 spiro atoms. The maximum absolute atomic E-state index is 12.6. The van der Waals surface area contributed by atoms with Crippen LogP contribution in [0, 0.1) is 0 Å². The van der Waals surface area contributed by atoms with Crippen LogP contribution in [0.1, 0.15) is 17.5 Å². The molecular formula is C19H16Cl2N2O3. The van der Waals surface area contributed by atoms with Crippen molar-refractivity contribution < 1.29 is 9.21 Å². The van der Waals surface area contributed by atoms with Crippen molar-refractivity contribution >= 4 is 40.2 Å². The third-order valence-electron chi connectivity index (χ3n) is 4.71. The molecule has 1 aromatic heterocycles. The fraction of sp³-hybridized carbons (Fsp3) is 0.263. The Hall–Kier alpha value is -2.24. The lowest BCUT2D eigenvalue weighted by Gasteiger charge is -2.29. The molecule has 4 rings (SSSR count). The summed E-state index contributed by atoms with van der Waals surface area (Å²) in [7, 11) is 0. The van der Waals surface area contributed by atoms with Crippen LogP contribution in [0.15, 0.2) is 45.6 Å². The molecule has 1 amide bonds. The number of oxazole rings is 1. The normalized spacial score (nSPS) is 13.8. The number of aromatic nitrogens is 1. The number of benzene rings is 2. The van der Waals surface area contributed by atoms with Crippen molar-refractivity contribution in [3.63, 3.8) is 0 Å². The molecule has 7 heteroatoms. The van der Waals surface area contributed by atoms with E-state index in [1.54, 1.807) is 18.2 Å². The van der Waals surface area contributed by atoms with Gasteiger partial charge in [0, 0.05) is 42.2 Å². The van der Waals surface area contributed by atoms with Gasteiger partial charge in [0.05, 0.1) is 5.52 Å². The number of fused-ring (bicyclic) bond motifs is 2. The van der Waals surface area contributed by atoms with Gasteiger partial charge in [0.25, 0.3) is 0 Å². The lowest BCUT2D eigenvalue weighted by Crippen LogP contribution is -2.36. The van der Waals surface area contributed by atoms with E-state index in [2.05, 4.69) is 0 Å². The van der Waals surface area contributed by atoms with Crippen LogP contribution in [0.4, 0.5) is 0 Å². The molecule has 2 aromatic carbocycles. The van der Waals surface area contributed by atoms with Crippen LogP contribution in [-0.2, 0) is 24.3 Å². The predicted molar refractivity (Wildman–Crippen MR) is 101 cm³/mol. The first-order chi connectivity index (χ1) is 12.5. The molecule has 5 nitrogen and oxygen atoms in total. The third kappa shape index (κ3) is 3.24. The Labute approximate surface area is 159 Å². The average molecular weight is 391 g/mol. The number of carbonyl (C=O) groups is 1.